The highest BCUT2D eigenvalue weighted by atomic mass is 79.9. The molecule has 94 valence electrons. The van der Waals surface area contributed by atoms with Crippen molar-refractivity contribution in [2.24, 2.45) is 5.73 Å². The molecule has 0 aromatic carbocycles. The van der Waals surface area contributed by atoms with Crippen LogP contribution in [0.3, 0.4) is 0 Å². The Labute approximate surface area is 117 Å². The normalized spacial score (nSPS) is 10.8. The van der Waals surface area contributed by atoms with Gasteiger partial charge in [0.05, 0.1) is 23.7 Å². The number of pyridine rings is 2. The van der Waals surface area contributed by atoms with E-state index in [0.717, 1.165) is 15.6 Å². The lowest BCUT2D eigenvalue weighted by Gasteiger charge is -2.06. The van der Waals surface area contributed by atoms with E-state index in [0.29, 0.717) is 5.69 Å². The Morgan fingerprint density at radius 3 is 3.00 bits per heavy atom. The standard InChI is InChI=1S/C13H9BrN4O/c14-8-4-9(12-5-16-7-18(12)6-8)10-2-1-3-11(17-10)13(15)19/h1-7H,(H2,15,19). The number of fused-ring (bicyclic) bond motifs is 1. The molecule has 3 aromatic heterocycles. The highest BCUT2D eigenvalue weighted by Crippen LogP contribution is 2.26. The lowest BCUT2D eigenvalue weighted by molar-refractivity contribution is 0.0995. The Kier molecular flexibility index (Phi) is 2.79. The van der Waals surface area contributed by atoms with Gasteiger partial charge in [0.25, 0.3) is 5.91 Å². The molecule has 0 fully saturated rings. The predicted molar refractivity (Wildman–Crippen MR) is 74.6 cm³/mol. The van der Waals surface area contributed by atoms with E-state index in [-0.39, 0.29) is 5.69 Å². The third-order valence-corrected chi connectivity index (χ3v) is 3.20. The molecular formula is C13H9BrN4O. The van der Waals surface area contributed by atoms with Gasteiger partial charge in [0.15, 0.2) is 0 Å². The van der Waals surface area contributed by atoms with E-state index >= 15 is 0 Å². The van der Waals surface area contributed by atoms with Crippen LogP contribution in [0.1, 0.15) is 10.5 Å². The summed E-state index contributed by atoms with van der Waals surface area (Å²) in [5, 5.41) is 0. The van der Waals surface area contributed by atoms with Crippen LogP contribution in [0.15, 0.2) is 47.5 Å². The van der Waals surface area contributed by atoms with Crippen molar-refractivity contribution in [1.29, 1.82) is 0 Å². The molecular weight excluding hydrogens is 308 g/mol. The fourth-order valence-corrected chi connectivity index (χ4v) is 2.37. The zero-order valence-electron chi connectivity index (χ0n) is 9.75. The Morgan fingerprint density at radius 2 is 2.21 bits per heavy atom. The van der Waals surface area contributed by atoms with Crippen LogP contribution in [-0.2, 0) is 0 Å². The molecule has 3 heterocycles. The topological polar surface area (TPSA) is 73.3 Å². The first-order valence-corrected chi connectivity index (χ1v) is 6.33. The van der Waals surface area contributed by atoms with E-state index in [2.05, 4.69) is 25.9 Å². The minimum atomic E-state index is -0.540. The minimum absolute atomic E-state index is 0.246. The molecule has 0 spiro atoms. The Balaban J connectivity index is 2.26. The van der Waals surface area contributed by atoms with Crippen molar-refractivity contribution in [2.75, 3.05) is 0 Å². The number of halogens is 1. The SMILES string of the molecule is NC(=O)c1cccc(-c2cc(Br)cn3cncc23)n1. The first-order chi connectivity index (χ1) is 9.15. The Hall–Kier alpha value is -2.21. The average molecular weight is 317 g/mol. The van der Waals surface area contributed by atoms with Gasteiger partial charge in [-0.1, -0.05) is 6.07 Å². The van der Waals surface area contributed by atoms with Crippen molar-refractivity contribution in [3.05, 3.63) is 53.2 Å². The van der Waals surface area contributed by atoms with Gasteiger partial charge in [0.2, 0.25) is 0 Å². The molecule has 1 amide bonds. The van der Waals surface area contributed by atoms with Crippen LogP contribution < -0.4 is 5.73 Å². The molecule has 0 saturated heterocycles. The van der Waals surface area contributed by atoms with E-state index in [1.54, 1.807) is 24.7 Å². The summed E-state index contributed by atoms with van der Waals surface area (Å²) in [7, 11) is 0. The highest BCUT2D eigenvalue weighted by Gasteiger charge is 2.10. The van der Waals surface area contributed by atoms with Crippen LogP contribution in [0.4, 0.5) is 0 Å². The van der Waals surface area contributed by atoms with Crippen molar-refractivity contribution in [3.8, 4) is 11.3 Å². The van der Waals surface area contributed by atoms with Crippen LogP contribution in [0.5, 0.6) is 0 Å². The van der Waals surface area contributed by atoms with Gasteiger partial charge in [-0.2, -0.15) is 0 Å². The molecule has 0 bridgehead atoms. The molecule has 0 radical (unpaired) electrons. The number of nitrogens with two attached hydrogens (primary N) is 1. The molecule has 0 aliphatic rings. The van der Waals surface area contributed by atoms with Gasteiger partial charge < -0.3 is 10.1 Å². The number of amides is 1. The smallest absolute Gasteiger partial charge is 0.267 e. The maximum Gasteiger partial charge on any atom is 0.267 e. The van der Waals surface area contributed by atoms with Gasteiger partial charge in [0, 0.05) is 16.2 Å². The van der Waals surface area contributed by atoms with E-state index < -0.39 is 5.91 Å². The first-order valence-electron chi connectivity index (χ1n) is 5.53. The largest absolute Gasteiger partial charge is 0.364 e. The van der Waals surface area contributed by atoms with Gasteiger partial charge in [0.1, 0.15) is 5.69 Å². The number of carbonyl (C=O) groups excluding carboxylic acids is 1. The maximum absolute atomic E-state index is 11.2. The molecule has 19 heavy (non-hydrogen) atoms. The number of imidazole rings is 1. The van der Waals surface area contributed by atoms with Gasteiger partial charge in [-0.25, -0.2) is 9.97 Å². The molecule has 6 heteroatoms. The van der Waals surface area contributed by atoms with E-state index in [9.17, 15) is 4.79 Å². The van der Waals surface area contributed by atoms with Crippen molar-refractivity contribution >= 4 is 27.4 Å². The zero-order valence-corrected chi connectivity index (χ0v) is 11.3. The summed E-state index contributed by atoms with van der Waals surface area (Å²) in [5.74, 6) is -0.540. The second-order valence-corrected chi connectivity index (χ2v) is 4.95. The van der Waals surface area contributed by atoms with Gasteiger partial charge in [-0.15, -0.1) is 0 Å². The number of hydrogen-bond donors (Lipinski definition) is 1. The predicted octanol–water partition coefficient (Wildman–Crippen LogP) is 2.26. The molecule has 5 nitrogen and oxygen atoms in total. The zero-order chi connectivity index (χ0) is 13.4. The van der Waals surface area contributed by atoms with Gasteiger partial charge in [-0.3, -0.25) is 4.79 Å². The van der Waals surface area contributed by atoms with Crippen molar-refractivity contribution < 1.29 is 4.79 Å². The quantitative estimate of drug-likeness (QED) is 0.788. The third kappa shape index (κ3) is 2.10. The summed E-state index contributed by atoms with van der Waals surface area (Å²) in [6, 6.07) is 7.12. The summed E-state index contributed by atoms with van der Waals surface area (Å²) >= 11 is 3.44. The lowest BCUT2D eigenvalue weighted by Crippen LogP contribution is -2.13. The number of primary amides is 1. The van der Waals surface area contributed by atoms with Crippen molar-refractivity contribution in [3.63, 3.8) is 0 Å². The fourth-order valence-electron chi connectivity index (χ4n) is 1.93. The summed E-state index contributed by atoms with van der Waals surface area (Å²) in [6.07, 6.45) is 5.37. The molecule has 3 aromatic rings. The van der Waals surface area contributed by atoms with Crippen LogP contribution in [0.25, 0.3) is 16.8 Å². The molecule has 2 N–H and O–H groups in total. The number of aromatic nitrogens is 3. The molecule has 3 rings (SSSR count). The van der Waals surface area contributed by atoms with Crippen LogP contribution in [0, 0.1) is 0 Å². The van der Waals surface area contributed by atoms with Gasteiger partial charge >= 0.3 is 0 Å². The van der Waals surface area contributed by atoms with Crippen molar-refractivity contribution in [1.82, 2.24) is 14.4 Å². The minimum Gasteiger partial charge on any atom is -0.364 e. The van der Waals surface area contributed by atoms with Crippen LogP contribution in [-0.4, -0.2) is 20.3 Å². The lowest BCUT2D eigenvalue weighted by atomic mass is 10.1. The maximum atomic E-state index is 11.2. The fraction of sp³-hybridized carbons (Fsp3) is 0. The monoisotopic (exact) mass is 316 g/mol. The van der Waals surface area contributed by atoms with E-state index in [1.807, 2.05) is 22.7 Å². The molecule has 0 saturated carbocycles. The number of rotatable bonds is 2. The molecule has 0 atom stereocenters. The summed E-state index contributed by atoms with van der Waals surface area (Å²) < 4.78 is 2.79. The van der Waals surface area contributed by atoms with Crippen molar-refractivity contribution in [2.45, 2.75) is 0 Å². The molecule has 0 aliphatic heterocycles. The first kappa shape index (κ1) is 11.9. The third-order valence-electron chi connectivity index (χ3n) is 2.76. The highest BCUT2D eigenvalue weighted by molar-refractivity contribution is 9.10. The number of carbonyl (C=O) groups is 1. The second-order valence-electron chi connectivity index (χ2n) is 4.03. The summed E-state index contributed by atoms with van der Waals surface area (Å²) in [4.78, 5) is 19.6. The average Bonchev–Trinajstić information content (AvgIpc) is 2.85. The van der Waals surface area contributed by atoms with Crippen LogP contribution >= 0.6 is 15.9 Å². The Morgan fingerprint density at radius 1 is 1.37 bits per heavy atom. The second kappa shape index (κ2) is 4.47. The van der Waals surface area contributed by atoms with E-state index in [1.165, 1.54) is 0 Å². The number of hydrogen-bond acceptors (Lipinski definition) is 3. The van der Waals surface area contributed by atoms with E-state index in [4.69, 9.17) is 5.73 Å². The van der Waals surface area contributed by atoms with Crippen LogP contribution in [0.2, 0.25) is 0 Å². The Bertz CT molecular complexity index is 781. The summed E-state index contributed by atoms with van der Waals surface area (Å²) in [5.41, 5.74) is 7.98. The summed E-state index contributed by atoms with van der Waals surface area (Å²) in [6.45, 7) is 0. The molecule has 0 unspecified atom stereocenters. The van der Waals surface area contributed by atoms with Gasteiger partial charge in [-0.05, 0) is 34.1 Å². The number of nitrogens with zero attached hydrogens (tertiary/aromatic N) is 3. The molecule has 0 aliphatic carbocycles.